The predicted octanol–water partition coefficient (Wildman–Crippen LogP) is 0.0389. The molecule has 0 spiro atoms. The summed E-state index contributed by atoms with van der Waals surface area (Å²) in [6, 6.07) is 0. The molecule has 1 saturated heterocycles. The van der Waals surface area contributed by atoms with Crippen LogP contribution in [-0.2, 0) is 4.74 Å². The Morgan fingerprint density at radius 3 is 3.08 bits per heavy atom. The third kappa shape index (κ3) is 1.46. The van der Waals surface area contributed by atoms with Crippen molar-refractivity contribution in [1.82, 2.24) is 15.5 Å². The Bertz CT molecular complexity index is 255. The smallest absolute Gasteiger partial charge is 0.257 e. The number of hydrogen-bond donors (Lipinski definition) is 1. The molecule has 5 heteroatoms. The Balaban J connectivity index is 2.08. The van der Waals surface area contributed by atoms with E-state index in [1.807, 2.05) is 0 Å². The molecule has 1 atom stereocenters. The van der Waals surface area contributed by atoms with E-state index in [-0.39, 0.29) is 6.10 Å². The Labute approximate surface area is 70.1 Å². The summed E-state index contributed by atoms with van der Waals surface area (Å²) < 4.78 is 10.4. The molecular weight excluding hydrogens is 158 g/mol. The first kappa shape index (κ1) is 7.70. The number of nitrogens with one attached hydrogen (secondary N) is 1. The summed E-state index contributed by atoms with van der Waals surface area (Å²) in [5.74, 6) is 1.22. The fraction of sp³-hybridized carbons (Fsp3) is 0.714. The first-order chi connectivity index (χ1) is 5.86. The standard InChI is InChI=1S/C7H11N3O2/c1-5-9-7(12-10-5)6-4-8-2-3-11-6/h6,8H,2-4H2,1H3/t6-/m1/s1. The van der Waals surface area contributed by atoms with Crippen LogP contribution in [-0.4, -0.2) is 29.8 Å². The highest BCUT2D eigenvalue weighted by atomic mass is 16.5. The molecule has 2 heterocycles. The van der Waals surface area contributed by atoms with Crippen molar-refractivity contribution in [2.45, 2.75) is 13.0 Å². The van der Waals surface area contributed by atoms with Crippen LogP contribution in [0.2, 0.25) is 0 Å². The lowest BCUT2D eigenvalue weighted by atomic mass is 10.3. The molecule has 0 aliphatic carbocycles. The van der Waals surface area contributed by atoms with E-state index in [9.17, 15) is 0 Å². The van der Waals surface area contributed by atoms with Crippen molar-refractivity contribution in [2.75, 3.05) is 19.7 Å². The molecule has 0 unspecified atom stereocenters. The summed E-state index contributed by atoms with van der Waals surface area (Å²) in [7, 11) is 0. The van der Waals surface area contributed by atoms with Gasteiger partial charge in [0.25, 0.3) is 5.89 Å². The topological polar surface area (TPSA) is 60.2 Å². The highest BCUT2D eigenvalue weighted by Gasteiger charge is 2.20. The minimum Gasteiger partial charge on any atom is -0.366 e. The zero-order valence-electron chi connectivity index (χ0n) is 6.91. The highest BCUT2D eigenvalue weighted by Crippen LogP contribution is 2.15. The molecule has 12 heavy (non-hydrogen) atoms. The van der Waals surface area contributed by atoms with E-state index < -0.39 is 0 Å². The Kier molecular flexibility index (Phi) is 2.05. The molecule has 0 amide bonds. The van der Waals surface area contributed by atoms with Gasteiger partial charge in [0.15, 0.2) is 5.82 Å². The summed E-state index contributed by atoms with van der Waals surface area (Å²) in [4.78, 5) is 4.09. The molecule has 0 aromatic carbocycles. The average Bonchev–Trinajstić information content (AvgIpc) is 2.54. The second-order valence-corrected chi connectivity index (χ2v) is 2.74. The third-order valence-electron chi connectivity index (χ3n) is 1.75. The Hall–Kier alpha value is -0.940. The van der Waals surface area contributed by atoms with Crippen LogP contribution >= 0.6 is 0 Å². The van der Waals surface area contributed by atoms with Crippen molar-refractivity contribution in [3.8, 4) is 0 Å². The highest BCUT2D eigenvalue weighted by molar-refractivity contribution is 4.90. The van der Waals surface area contributed by atoms with Gasteiger partial charge in [0.1, 0.15) is 6.10 Å². The number of aryl methyl sites for hydroxylation is 1. The molecule has 2 rings (SSSR count). The largest absolute Gasteiger partial charge is 0.366 e. The number of nitrogens with zero attached hydrogens (tertiary/aromatic N) is 2. The average molecular weight is 169 g/mol. The van der Waals surface area contributed by atoms with Crippen LogP contribution in [0.4, 0.5) is 0 Å². The second-order valence-electron chi connectivity index (χ2n) is 2.74. The van der Waals surface area contributed by atoms with Crippen molar-refractivity contribution in [3.05, 3.63) is 11.7 Å². The summed E-state index contributed by atoms with van der Waals surface area (Å²) >= 11 is 0. The van der Waals surface area contributed by atoms with Crippen LogP contribution in [0, 0.1) is 6.92 Å². The lowest BCUT2D eigenvalue weighted by molar-refractivity contribution is 0.00755. The molecule has 66 valence electrons. The van der Waals surface area contributed by atoms with Crippen molar-refractivity contribution in [3.63, 3.8) is 0 Å². The van der Waals surface area contributed by atoms with Crippen LogP contribution in [0.15, 0.2) is 4.52 Å². The zero-order valence-corrected chi connectivity index (χ0v) is 6.91. The summed E-state index contributed by atoms with van der Waals surface area (Å²) in [6.45, 7) is 4.14. The predicted molar refractivity (Wildman–Crippen MR) is 40.6 cm³/mol. The molecule has 1 aliphatic rings. The fourth-order valence-corrected chi connectivity index (χ4v) is 1.17. The number of morpholine rings is 1. The zero-order chi connectivity index (χ0) is 8.39. The third-order valence-corrected chi connectivity index (χ3v) is 1.75. The first-order valence-electron chi connectivity index (χ1n) is 3.99. The molecule has 5 nitrogen and oxygen atoms in total. The van der Waals surface area contributed by atoms with Gasteiger partial charge in [-0.1, -0.05) is 5.16 Å². The lowest BCUT2D eigenvalue weighted by Gasteiger charge is -2.19. The minimum atomic E-state index is -0.0695. The number of ether oxygens (including phenoxy) is 1. The number of rotatable bonds is 1. The molecule has 0 radical (unpaired) electrons. The van der Waals surface area contributed by atoms with Gasteiger partial charge in [-0.25, -0.2) is 0 Å². The van der Waals surface area contributed by atoms with E-state index in [4.69, 9.17) is 9.26 Å². The molecule has 1 fully saturated rings. The molecule has 1 N–H and O–H groups in total. The van der Waals surface area contributed by atoms with E-state index in [1.54, 1.807) is 6.92 Å². The summed E-state index contributed by atoms with van der Waals surface area (Å²) in [6.07, 6.45) is -0.0695. The quantitative estimate of drug-likeness (QED) is 0.643. The van der Waals surface area contributed by atoms with Gasteiger partial charge in [-0.3, -0.25) is 0 Å². The fourth-order valence-electron chi connectivity index (χ4n) is 1.17. The minimum absolute atomic E-state index is 0.0695. The molecule has 1 aliphatic heterocycles. The van der Waals surface area contributed by atoms with Gasteiger partial charge in [0.2, 0.25) is 0 Å². The summed E-state index contributed by atoms with van der Waals surface area (Å²) in [5.41, 5.74) is 0. The molecular formula is C7H11N3O2. The SMILES string of the molecule is Cc1noc([C@H]2CNCCO2)n1. The molecule has 0 saturated carbocycles. The molecule has 1 aromatic rings. The van der Waals surface area contributed by atoms with Crippen molar-refractivity contribution in [2.24, 2.45) is 0 Å². The van der Waals surface area contributed by atoms with Gasteiger partial charge < -0.3 is 14.6 Å². The van der Waals surface area contributed by atoms with E-state index >= 15 is 0 Å². The van der Waals surface area contributed by atoms with Crippen molar-refractivity contribution in [1.29, 1.82) is 0 Å². The Morgan fingerprint density at radius 2 is 2.50 bits per heavy atom. The van der Waals surface area contributed by atoms with Gasteiger partial charge in [-0.05, 0) is 6.92 Å². The van der Waals surface area contributed by atoms with Gasteiger partial charge in [-0.2, -0.15) is 4.98 Å². The van der Waals surface area contributed by atoms with Crippen molar-refractivity contribution >= 4 is 0 Å². The van der Waals surface area contributed by atoms with Crippen LogP contribution in [0.25, 0.3) is 0 Å². The van der Waals surface area contributed by atoms with Gasteiger partial charge in [-0.15, -0.1) is 0 Å². The maximum atomic E-state index is 5.42. The number of hydrogen-bond acceptors (Lipinski definition) is 5. The van der Waals surface area contributed by atoms with Crippen LogP contribution in [0.3, 0.4) is 0 Å². The monoisotopic (exact) mass is 169 g/mol. The van der Waals surface area contributed by atoms with Crippen LogP contribution < -0.4 is 5.32 Å². The maximum Gasteiger partial charge on any atom is 0.257 e. The van der Waals surface area contributed by atoms with E-state index in [2.05, 4.69) is 15.5 Å². The second kappa shape index (κ2) is 3.20. The van der Waals surface area contributed by atoms with Crippen molar-refractivity contribution < 1.29 is 9.26 Å². The maximum absolute atomic E-state index is 5.42. The normalized spacial score (nSPS) is 24.2. The molecule has 1 aromatic heterocycles. The van der Waals surface area contributed by atoms with Gasteiger partial charge in [0.05, 0.1) is 6.61 Å². The van der Waals surface area contributed by atoms with Crippen LogP contribution in [0.5, 0.6) is 0 Å². The summed E-state index contributed by atoms with van der Waals surface area (Å²) in [5, 5.41) is 6.89. The van der Waals surface area contributed by atoms with E-state index in [0.717, 1.165) is 13.1 Å². The van der Waals surface area contributed by atoms with Crippen LogP contribution in [0.1, 0.15) is 17.8 Å². The molecule has 0 bridgehead atoms. The van der Waals surface area contributed by atoms with Gasteiger partial charge >= 0.3 is 0 Å². The number of aromatic nitrogens is 2. The Morgan fingerprint density at radius 1 is 1.58 bits per heavy atom. The van der Waals surface area contributed by atoms with E-state index in [1.165, 1.54) is 0 Å². The first-order valence-corrected chi connectivity index (χ1v) is 3.99. The lowest BCUT2D eigenvalue weighted by Crippen LogP contribution is -2.33. The van der Waals surface area contributed by atoms with Gasteiger partial charge in [0, 0.05) is 13.1 Å². The van der Waals surface area contributed by atoms with E-state index in [0.29, 0.717) is 18.3 Å².